The molecular formula is C25H16N2O9S. The lowest BCUT2D eigenvalue weighted by Crippen LogP contribution is -2.14. The zero-order valence-electron chi connectivity index (χ0n) is 18.7. The van der Waals surface area contributed by atoms with Gasteiger partial charge in [-0.25, -0.2) is 13.2 Å². The molecule has 37 heavy (non-hydrogen) atoms. The number of hydrogen-bond acceptors (Lipinski definition) is 9. The Morgan fingerprint density at radius 3 is 1.86 bits per heavy atom. The standard InChI is InChI=1S/C25H16N2O9S/c28-25(36-21-5-3-4-20(16-21)35-19-12-8-17(9-13-19)26(29)30)23-6-1-2-7-24(23)37(33,34)22-14-10-18(11-15-22)27(31)32/h1-16H. The molecule has 0 N–H and O–H groups in total. The van der Waals surface area contributed by atoms with Crippen LogP contribution in [0.4, 0.5) is 11.4 Å². The summed E-state index contributed by atoms with van der Waals surface area (Å²) in [6.07, 6.45) is 0. The van der Waals surface area contributed by atoms with E-state index in [0.29, 0.717) is 5.75 Å². The summed E-state index contributed by atoms with van der Waals surface area (Å²) < 4.78 is 37.4. The minimum absolute atomic E-state index is 0.0620. The van der Waals surface area contributed by atoms with E-state index in [9.17, 15) is 33.4 Å². The maximum Gasteiger partial charge on any atom is 0.344 e. The van der Waals surface area contributed by atoms with Gasteiger partial charge in [-0.05, 0) is 48.5 Å². The molecule has 0 radical (unpaired) electrons. The van der Waals surface area contributed by atoms with Crippen molar-refractivity contribution in [1.29, 1.82) is 0 Å². The molecule has 0 aliphatic rings. The van der Waals surface area contributed by atoms with Crippen LogP contribution in [0.2, 0.25) is 0 Å². The van der Waals surface area contributed by atoms with E-state index in [1.807, 2.05) is 0 Å². The van der Waals surface area contributed by atoms with E-state index in [2.05, 4.69) is 0 Å². The number of carbonyl (C=O) groups is 1. The van der Waals surface area contributed by atoms with Gasteiger partial charge >= 0.3 is 5.97 Å². The second kappa shape index (κ2) is 10.3. The van der Waals surface area contributed by atoms with E-state index in [-0.39, 0.29) is 38.2 Å². The fourth-order valence-electron chi connectivity index (χ4n) is 3.28. The molecule has 12 heteroatoms. The molecular weight excluding hydrogens is 504 g/mol. The first-order chi connectivity index (χ1) is 17.6. The first-order valence-corrected chi connectivity index (χ1v) is 12.0. The number of nitro benzene ring substituents is 2. The van der Waals surface area contributed by atoms with Gasteiger partial charge in [0.1, 0.15) is 17.2 Å². The number of non-ortho nitro benzene ring substituents is 2. The average molecular weight is 520 g/mol. The highest BCUT2D eigenvalue weighted by Crippen LogP contribution is 2.29. The van der Waals surface area contributed by atoms with Gasteiger partial charge in [-0.15, -0.1) is 0 Å². The normalized spacial score (nSPS) is 10.9. The summed E-state index contributed by atoms with van der Waals surface area (Å²) in [6.45, 7) is 0. The zero-order chi connectivity index (χ0) is 26.6. The Balaban J connectivity index is 1.56. The van der Waals surface area contributed by atoms with Gasteiger partial charge in [0.15, 0.2) is 0 Å². The number of carbonyl (C=O) groups excluding carboxylic acids is 1. The molecule has 0 fully saturated rings. The molecule has 0 spiro atoms. The topological polar surface area (TPSA) is 156 Å². The highest BCUT2D eigenvalue weighted by Gasteiger charge is 2.26. The van der Waals surface area contributed by atoms with E-state index < -0.39 is 25.7 Å². The number of ether oxygens (including phenoxy) is 2. The number of hydrogen-bond donors (Lipinski definition) is 0. The van der Waals surface area contributed by atoms with Gasteiger partial charge in [-0.2, -0.15) is 0 Å². The summed E-state index contributed by atoms with van der Waals surface area (Å²) in [4.78, 5) is 32.9. The summed E-state index contributed by atoms with van der Waals surface area (Å²) in [5.74, 6) is -0.305. The van der Waals surface area contributed by atoms with Crippen LogP contribution in [0.1, 0.15) is 10.4 Å². The van der Waals surface area contributed by atoms with Crippen LogP contribution in [0.15, 0.2) is 107 Å². The Morgan fingerprint density at radius 2 is 1.24 bits per heavy atom. The molecule has 0 unspecified atom stereocenters. The van der Waals surface area contributed by atoms with E-state index in [1.54, 1.807) is 12.1 Å². The van der Waals surface area contributed by atoms with Crippen molar-refractivity contribution >= 4 is 27.2 Å². The van der Waals surface area contributed by atoms with E-state index in [1.165, 1.54) is 60.7 Å². The Hall–Kier alpha value is -5.10. The summed E-state index contributed by atoms with van der Waals surface area (Å²) in [5, 5.41) is 21.7. The lowest BCUT2D eigenvalue weighted by molar-refractivity contribution is -0.385. The van der Waals surface area contributed by atoms with Crippen molar-refractivity contribution in [2.24, 2.45) is 0 Å². The van der Waals surface area contributed by atoms with Crippen molar-refractivity contribution in [1.82, 2.24) is 0 Å². The third-order valence-corrected chi connectivity index (χ3v) is 6.88. The molecule has 0 heterocycles. The van der Waals surface area contributed by atoms with Crippen LogP contribution >= 0.6 is 0 Å². The number of sulfone groups is 1. The molecule has 0 aliphatic heterocycles. The number of nitrogens with zero attached hydrogens (tertiary/aromatic N) is 2. The molecule has 4 aromatic carbocycles. The molecule has 0 bridgehead atoms. The zero-order valence-corrected chi connectivity index (χ0v) is 19.5. The summed E-state index contributed by atoms with van der Waals surface area (Å²) >= 11 is 0. The second-order valence-corrected chi connectivity index (χ2v) is 9.39. The lowest BCUT2D eigenvalue weighted by Gasteiger charge is -2.11. The SMILES string of the molecule is O=C(Oc1cccc(Oc2ccc([N+](=O)[O-])cc2)c1)c1ccccc1S(=O)(=O)c1ccc([N+](=O)[O-])cc1. The van der Waals surface area contributed by atoms with Crippen LogP contribution in [-0.2, 0) is 9.84 Å². The highest BCUT2D eigenvalue weighted by molar-refractivity contribution is 7.91. The molecule has 0 atom stereocenters. The van der Waals surface area contributed by atoms with E-state index in [4.69, 9.17) is 9.47 Å². The number of rotatable bonds is 8. The minimum Gasteiger partial charge on any atom is -0.457 e. The van der Waals surface area contributed by atoms with E-state index >= 15 is 0 Å². The van der Waals surface area contributed by atoms with Crippen LogP contribution in [0.25, 0.3) is 0 Å². The van der Waals surface area contributed by atoms with Gasteiger partial charge < -0.3 is 9.47 Å². The maximum atomic E-state index is 13.2. The van der Waals surface area contributed by atoms with Crippen LogP contribution in [-0.4, -0.2) is 24.2 Å². The van der Waals surface area contributed by atoms with Gasteiger partial charge in [-0.3, -0.25) is 20.2 Å². The molecule has 0 amide bonds. The van der Waals surface area contributed by atoms with Crippen molar-refractivity contribution in [3.63, 3.8) is 0 Å². The number of benzene rings is 4. The number of esters is 1. The number of nitro groups is 2. The van der Waals surface area contributed by atoms with Crippen LogP contribution < -0.4 is 9.47 Å². The molecule has 4 aromatic rings. The Kier molecular flexibility index (Phi) is 6.93. The van der Waals surface area contributed by atoms with Gasteiger partial charge in [0.05, 0.1) is 25.2 Å². The smallest absolute Gasteiger partial charge is 0.344 e. The molecule has 0 aromatic heterocycles. The lowest BCUT2D eigenvalue weighted by atomic mass is 10.2. The summed E-state index contributed by atoms with van der Waals surface area (Å²) in [7, 11) is -4.20. The largest absolute Gasteiger partial charge is 0.457 e. The Morgan fingerprint density at radius 1 is 0.676 bits per heavy atom. The summed E-state index contributed by atoms with van der Waals surface area (Å²) in [6, 6.07) is 21.1. The maximum absolute atomic E-state index is 13.2. The Bertz CT molecular complexity index is 1600. The van der Waals surface area contributed by atoms with Crippen LogP contribution in [0.5, 0.6) is 17.2 Å². The third-order valence-electron chi connectivity index (χ3n) is 5.05. The van der Waals surface area contributed by atoms with Gasteiger partial charge in [0, 0.05) is 30.3 Å². The molecule has 186 valence electrons. The third kappa shape index (κ3) is 5.60. The first kappa shape index (κ1) is 25.0. The van der Waals surface area contributed by atoms with Crippen molar-refractivity contribution in [3.05, 3.63) is 123 Å². The molecule has 0 saturated carbocycles. The van der Waals surface area contributed by atoms with Crippen molar-refractivity contribution in [3.8, 4) is 17.2 Å². The fraction of sp³-hybridized carbons (Fsp3) is 0. The predicted octanol–water partition coefficient (Wildman–Crippen LogP) is 5.35. The van der Waals surface area contributed by atoms with Crippen molar-refractivity contribution < 1.29 is 32.5 Å². The second-order valence-electron chi connectivity index (χ2n) is 7.47. The van der Waals surface area contributed by atoms with Crippen molar-refractivity contribution in [2.75, 3.05) is 0 Å². The fourth-order valence-corrected chi connectivity index (χ4v) is 4.73. The van der Waals surface area contributed by atoms with Gasteiger partial charge in [0.2, 0.25) is 9.84 Å². The van der Waals surface area contributed by atoms with Gasteiger partial charge in [-0.1, -0.05) is 18.2 Å². The quantitative estimate of drug-likeness (QED) is 0.129. The van der Waals surface area contributed by atoms with Crippen LogP contribution in [0.3, 0.4) is 0 Å². The molecule has 0 aliphatic carbocycles. The minimum atomic E-state index is -4.20. The Labute approximate surface area is 209 Å². The first-order valence-electron chi connectivity index (χ1n) is 10.5. The predicted molar refractivity (Wildman–Crippen MR) is 130 cm³/mol. The molecule has 0 saturated heterocycles. The van der Waals surface area contributed by atoms with E-state index in [0.717, 1.165) is 24.3 Å². The summed E-state index contributed by atoms with van der Waals surface area (Å²) in [5.41, 5.74) is -0.609. The molecule has 4 rings (SSSR count). The van der Waals surface area contributed by atoms with Crippen molar-refractivity contribution in [2.45, 2.75) is 9.79 Å². The molecule has 11 nitrogen and oxygen atoms in total. The monoisotopic (exact) mass is 520 g/mol. The van der Waals surface area contributed by atoms with Gasteiger partial charge in [0.25, 0.3) is 11.4 Å². The highest BCUT2D eigenvalue weighted by atomic mass is 32.2. The average Bonchev–Trinajstić information content (AvgIpc) is 2.89. The van der Waals surface area contributed by atoms with Crippen LogP contribution in [0, 0.1) is 20.2 Å².